The zero-order valence-electron chi connectivity index (χ0n) is 12.9. The Morgan fingerprint density at radius 1 is 1.32 bits per heavy atom. The number of nitrogens with zero attached hydrogens (tertiary/aromatic N) is 1. The van der Waals surface area contributed by atoms with E-state index in [-0.39, 0.29) is 17.2 Å². The van der Waals surface area contributed by atoms with Crippen molar-refractivity contribution in [1.29, 1.82) is 0 Å². The summed E-state index contributed by atoms with van der Waals surface area (Å²) < 4.78 is 5.50. The van der Waals surface area contributed by atoms with Crippen LogP contribution in [0.5, 0.6) is 0 Å². The maximum absolute atomic E-state index is 10.2. The summed E-state index contributed by atoms with van der Waals surface area (Å²) in [6.07, 6.45) is 6.19. The maximum atomic E-state index is 10.2. The van der Waals surface area contributed by atoms with Crippen molar-refractivity contribution in [3.8, 4) is 0 Å². The number of aliphatic hydroxyl groups is 1. The Labute approximate surface area is 117 Å². The molecular formula is C16H28NO2-. The topological polar surface area (TPSA) is 46.9 Å². The van der Waals surface area contributed by atoms with Gasteiger partial charge in [0, 0.05) is 0 Å². The van der Waals surface area contributed by atoms with Gasteiger partial charge in [0.25, 0.3) is 0 Å². The average molecular weight is 266 g/mol. The van der Waals surface area contributed by atoms with E-state index < -0.39 is 6.10 Å². The van der Waals surface area contributed by atoms with Gasteiger partial charge in [0.15, 0.2) is 0 Å². The van der Waals surface area contributed by atoms with E-state index >= 15 is 0 Å². The fourth-order valence-electron chi connectivity index (χ4n) is 3.19. The molecule has 1 saturated heterocycles. The van der Waals surface area contributed by atoms with Crippen molar-refractivity contribution in [3.05, 3.63) is 17.0 Å². The van der Waals surface area contributed by atoms with Gasteiger partial charge in [-0.05, 0) is 39.5 Å². The fourth-order valence-corrected chi connectivity index (χ4v) is 3.19. The summed E-state index contributed by atoms with van der Waals surface area (Å²) in [7, 11) is 1.93. The van der Waals surface area contributed by atoms with Gasteiger partial charge in [0.05, 0.1) is 5.60 Å². The predicted octanol–water partition coefficient (Wildman–Crippen LogP) is 3.42. The highest BCUT2D eigenvalue weighted by molar-refractivity contribution is 5.15. The lowest BCUT2D eigenvalue weighted by atomic mass is 9.75. The second-order valence-electron chi connectivity index (χ2n) is 7.04. The highest BCUT2D eigenvalue weighted by atomic mass is 16.6. The van der Waals surface area contributed by atoms with Gasteiger partial charge in [-0.25, -0.2) is 0 Å². The van der Waals surface area contributed by atoms with E-state index in [9.17, 15) is 5.11 Å². The van der Waals surface area contributed by atoms with Crippen molar-refractivity contribution in [2.45, 2.75) is 76.7 Å². The van der Waals surface area contributed by atoms with Gasteiger partial charge in [0.2, 0.25) is 0 Å². The molecule has 1 heterocycles. The minimum atomic E-state index is -0.459. The first-order valence-corrected chi connectivity index (χ1v) is 7.43. The first-order valence-electron chi connectivity index (χ1n) is 7.43. The van der Waals surface area contributed by atoms with Crippen molar-refractivity contribution >= 4 is 0 Å². The Kier molecular flexibility index (Phi) is 4.10. The first-order chi connectivity index (χ1) is 8.77. The molecule has 2 aliphatic rings. The molecule has 0 bridgehead atoms. The van der Waals surface area contributed by atoms with Crippen LogP contribution in [0.1, 0.15) is 53.4 Å². The van der Waals surface area contributed by atoms with E-state index in [0.717, 1.165) is 12.8 Å². The smallest absolute Gasteiger partial charge is 0.116 e. The summed E-state index contributed by atoms with van der Waals surface area (Å²) in [6, 6.07) is 0. The molecule has 0 amide bonds. The number of ether oxygens (including phenoxy) is 1. The van der Waals surface area contributed by atoms with Gasteiger partial charge < -0.3 is 15.2 Å². The van der Waals surface area contributed by atoms with E-state index in [2.05, 4.69) is 19.2 Å². The quantitative estimate of drug-likeness (QED) is 0.626. The van der Waals surface area contributed by atoms with Crippen molar-refractivity contribution in [1.82, 2.24) is 0 Å². The second-order valence-corrected chi connectivity index (χ2v) is 7.04. The van der Waals surface area contributed by atoms with Crippen LogP contribution < -0.4 is 0 Å². The zero-order valence-corrected chi connectivity index (χ0v) is 12.9. The minimum absolute atomic E-state index is 0.0260. The molecule has 1 aliphatic heterocycles. The number of epoxide rings is 1. The first kappa shape index (κ1) is 15.0. The molecule has 3 nitrogen and oxygen atoms in total. The molecule has 2 atom stereocenters. The average Bonchev–Trinajstić information content (AvgIpc) is 2.99. The maximum Gasteiger partial charge on any atom is 0.116 e. The van der Waals surface area contributed by atoms with E-state index in [1.165, 1.54) is 18.4 Å². The molecule has 0 spiro atoms. The minimum Gasteiger partial charge on any atom is -0.660 e. The number of allylic oxidation sites excluding steroid dienone is 1. The number of hydrogen-bond donors (Lipinski definition) is 1. The highest BCUT2D eigenvalue weighted by Crippen LogP contribution is 2.41. The third-order valence-electron chi connectivity index (χ3n) is 5.05. The van der Waals surface area contributed by atoms with Crippen LogP contribution in [0.2, 0.25) is 0 Å². The summed E-state index contributed by atoms with van der Waals surface area (Å²) in [6.45, 7) is 8.45. The summed E-state index contributed by atoms with van der Waals surface area (Å²) in [5.74, 6) is 0.603. The van der Waals surface area contributed by atoms with Crippen molar-refractivity contribution < 1.29 is 9.84 Å². The van der Waals surface area contributed by atoms with Crippen LogP contribution in [-0.2, 0) is 4.74 Å². The van der Waals surface area contributed by atoms with Crippen LogP contribution in [0.3, 0.4) is 0 Å². The van der Waals surface area contributed by atoms with E-state index in [1.807, 2.05) is 27.0 Å². The summed E-state index contributed by atoms with van der Waals surface area (Å²) in [4.78, 5) is 0. The molecule has 1 N–H and O–H groups in total. The summed E-state index contributed by atoms with van der Waals surface area (Å²) in [5.41, 5.74) is 1.34. The molecule has 0 radical (unpaired) electrons. The third-order valence-corrected chi connectivity index (χ3v) is 5.05. The van der Waals surface area contributed by atoms with Gasteiger partial charge in [-0.3, -0.25) is 0 Å². The Morgan fingerprint density at radius 2 is 1.84 bits per heavy atom. The molecule has 1 saturated carbocycles. The second kappa shape index (κ2) is 5.19. The van der Waals surface area contributed by atoms with Crippen LogP contribution >= 0.6 is 0 Å². The van der Waals surface area contributed by atoms with E-state index in [4.69, 9.17) is 4.74 Å². The van der Waals surface area contributed by atoms with Crippen LogP contribution in [0.25, 0.3) is 5.32 Å². The summed E-state index contributed by atoms with van der Waals surface area (Å²) in [5, 5.41) is 14.7. The Hall–Kier alpha value is -0.380. The molecule has 2 rings (SSSR count). The lowest BCUT2D eigenvalue weighted by Crippen LogP contribution is -2.30. The molecule has 0 aromatic carbocycles. The van der Waals surface area contributed by atoms with Gasteiger partial charge in [-0.15, -0.1) is 5.54 Å². The fraction of sp³-hybridized carbons (Fsp3) is 0.875. The van der Waals surface area contributed by atoms with Gasteiger partial charge in [0.1, 0.15) is 12.2 Å². The van der Waals surface area contributed by atoms with E-state index in [0.29, 0.717) is 5.92 Å². The van der Waals surface area contributed by atoms with Gasteiger partial charge >= 0.3 is 0 Å². The number of hydrogen-bond acceptors (Lipinski definition) is 2. The molecule has 0 aromatic heterocycles. The molecule has 2 fully saturated rings. The predicted molar refractivity (Wildman–Crippen MR) is 78.4 cm³/mol. The van der Waals surface area contributed by atoms with Crippen molar-refractivity contribution in [2.75, 3.05) is 7.05 Å². The largest absolute Gasteiger partial charge is 0.660 e. The third kappa shape index (κ3) is 3.39. The number of aliphatic hydroxyl groups excluding tert-OH is 1. The Morgan fingerprint density at radius 3 is 2.26 bits per heavy atom. The van der Waals surface area contributed by atoms with Crippen LogP contribution in [0, 0.1) is 5.92 Å². The highest BCUT2D eigenvalue weighted by Gasteiger charge is 2.51. The normalized spacial score (nSPS) is 40.0. The Balaban J connectivity index is 1.89. The summed E-state index contributed by atoms with van der Waals surface area (Å²) >= 11 is 0. The SMILES string of the molecule is C[N-]C1(C)CCC(/C(C)=C/C(O)C2OC2(C)C)CC1. The molecule has 2 unspecified atom stereocenters. The molecule has 110 valence electrons. The zero-order chi connectivity index (χ0) is 14.3. The van der Waals surface area contributed by atoms with Gasteiger partial charge in [-0.2, -0.15) is 7.05 Å². The molecular weight excluding hydrogens is 238 g/mol. The standard InChI is InChI=1S/C16H28NO2/c1-11(10-13(18)14-15(2,3)19-14)12-6-8-16(4,17-5)9-7-12/h10,12-14,18H,6-9H2,1-5H3/q-1/b11-10+. The van der Waals surface area contributed by atoms with Crippen LogP contribution in [0.15, 0.2) is 11.6 Å². The monoisotopic (exact) mass is 266 g/mol. The van der Waals surface area contributed by atoms with Crippen LogP contribution in [-0.4, -0.2) is 35.5 Å². The molecule has 19 heavy (non-hydrogen) atoms. The molecule has 1 aliphatic carbocycles. The molecule has 3 heteroatoms. The molecule has 0 aromatic rings. The van der Waals surface area contributed by atoms with Crippen LogP contribution in [0.4, 0.5) is 0 Å². The Bertz CT molecular complexity index is 354. The lowest BCUT2D eigenvalue weighted by Gasteiger charge is -2.47. The van der Waals surface area contributed by atoms with Gasteiger partial charge in [-0.1, -0.05) is 31.4 Å². The van der Waals surface area contributed by atoms with E-state index in [1.54, 1.807) is 0 Å². The lowest BCUT2D eigenvalue weighted by molar-refractivity contribution is 0.174. The van der Waals surface area contributed by atoms with Crippen molar-refractivity contribution in [3.63, 3.8) is 0 Å². The van der Waals surface area contributed by atoms with Crippen molar-refractivity contribution in [2.24, 2.45) is 5.92 Å². The number of rotatable bonds is 4.